The Morgan fingerprint density at radius 2 is 1.53 bits per heavy atom. The molecule has 0 aliphatic carbocycles. The number of carbonyl (C=O) groups is 3. The van der Waals surface area contributed by atoms with Gasteiger partial charge in [-0.25, -0.2) is 9.59 Å². The van der Waals surface area contributed by atoms with Crippen molar-refractivity contribution in [1.29, 1.82) is 0 Å². The van der Waals surface area contributed by atoms with Crippen molar-refractivity contribution in [3.8, 4) is 0 Å². The van der Waals surface area contributed by atoms with Crippen molar-refractivity contribution in [3.05, 3.63) is 71.8 Å². The number of carboxylic acids is 1. The number of alkyl carbamates (subject to hydrolysis) is 1. The molecule has 0 heterocycles. The lowest BCUT2D eigenvalue weighted by Crippen LogP contribution is -2.53. The van der Waals surface area contributed by atoms with Gasteiger partial charge >= 0.3 is 12.1 Å². The lowest BCUT2D eigenvalue weighted by molar-refractivity contribution is -0.141. The van der Waals surface area contributed by atoms with E-state index in [4.69, 9.17) is 4.74 Å². The molecule has 30 heavy (non-hydrogen) atoms. The van der Waals surface area contributed by atoms with Crippen molar-refractivity contribution in [2.45, 2.75) is 32.0 Å². The van der Waals surface area contributed by atoms with Crippen LogP contribution in [-0.4, -0.2) is 46.7 Å². The maximum atomic E-state index is 12.8. The summed E-state index contributed by atoms with van der Waals surface area (Å²) >= 11 is 1.41. The van der Waals surface area contributed by atoms with Crippen LogP contribution >= 0.6 is 11.8 Å². The Labute approximate surface area is 180 Å². The lowest BCUT2D eigenvalue weighted by atomic mass is 10.1. The smallest absolute Gasteiger partial charge is 0.408 e. The van der Waals surface area contributed by atoms with Gasteiger partial charge in [0.1, 0.15) is 18.7 Å². The Balaban J connectivity index is 2.04. The predicted octanol–water partition coefficient (Wildman–Crippen LogP) is 2.85. The van der Waals surface area contributed by atoms with Gasteiger partial charge in [-0.2, -0.15) is 11.8 Å². The fourth-order valence-electron chi connectivity index (χ4n) is 2.65. The first-order valence-corrected chi connectivity index (χ1v) is 10.8. The molecule has 160 valence electrons. The second kappa shape index (κ2) is 12.5. The molecule has 2 aromatic carbocycles. The largest absolute Gasteiger partial charge is 0.480 e. The summed E-state index contributed by atoms with van der Waals surface area (Å²) in [6, 6.07) is 16.3. The molecule has 0 bridgehead atoms. The van der Waals surface area contributed by atoms with Crippen LogP contribution in [0.15, 0.2) is 60.7 Å². The molecule has 8 heteroatoms. The average Bonchev–Trinajstić information content (AvgIpc) is 2.76. The van der Waals surface area contributed by atoms with Gasteiger partial charge in [0.2, 0.25) is 5.91 Å². The fourth-order valence-corrected chi connectivity index (χ4v) is 3.35. The molecular weight excluding hydrogens is 404 g/mol. The summed E-state index contributed by atoms with van der Waals surface area (Å²) in [4.78, 5) is 36.5. The molecule has 0 aliphatic rings. The van der Waals surface area contributed by atoms with E-state index >= 15 is 0 Å². The van der Waals surface area contributed by atoms with Crippen LogP contribution < -0.4 is 10.6 Å². The van der Waals surface area contributed by atoms with E-state index in [9.17, 15) is 19.5 Å². The van der Waals surface area contributed by atoms with Crippen molar-refractivity contribution < 1.29 is 24.2 Å². The Hall–Kier alpha value is -3.00. The van der Waals surface area contributed by atoms with Gasteiger partial charge in [-0.15, -0.1) is 0 Å². The third-order valence-corrected chi connectivity index (χ3v) is 5.18. The summed E-state index contributed by atoms with van der Waals surface area (Å²) in [5, 5.41) is 14.5. The quantitative estimate of drug-likeness (QED) is 0.506. The van der Waals surface area contributed by atoms with Crippen LogP contribution in [0.1, 0.15) is 18.1 Å². The number of ether oxygens (including phenoxy) is 1. The van der Waals surface area contributed by atoms with Gasteiger partial charge in [0, 0.05) is 12.2 Å². The number of carbonyl (C=O) groups excluding carboxylic acids is 2. The van der Waals surface area contributed by atoms with Gasteiger partial charge in [-0.05, 0) is 16.9 Å². The average molecular weight is 431 g/mol. The highest BCUT2D eigenvalue weighted by atomic mass is 32.2. The highest BCUT2D eigenvalue weighted by molar-refractivity contribution is 7.99. The maximum absolute atomic E-state index is 12.8. The van der Waals surface area contributed by atoms with Gasteiger partial charge in [0.15, 0.2) is 0 Å². The third kappa shape index (κ3) is 8.16. The second-order valence-corrected chi connectivity index (χ2v) is 7.83. The molecular formula is C22H26N2O5S. The van der Waals surface area contributed by atoms with Gasteiger partial charge in [-0.3, -0.25) is 4.79 Å². The second-order valence-electron chi connectivity index (χ2n) is 6.51. The molecule has 0 aromatic heterocycles. The van der Waals surface area contributed by atoms with Crippen LogP contribution in [0.5, 0.6) is 0 Å². The van der Waals surface area contributed by atoms with E-state index < -0.39 is 30.1 Å². The van der Waals surface area contributed by atoms with Crippen molar-refractivity contribution >= 4 is 29.7 Å². The third-order valence-electron chi connectivity index (χ3n) is 4.21. The summed E-state index contributed by atoms with van der Waals surface area (Å²) in [5.41, 5.74) is 1.65. The number of benzene rings is 2. The van der Waals surface area contributed by atoms with Crippen molar-refractivity contribution in [3.63, 3.8) is 0 Å². The molecule has 3 N–H and O–H groups in total. The minimum absolute atomic E-state index is 0.0667. The predicted molar refractivity (Wildman–Crippen MR) is 116 cm³/mol. The summed E-state index contributed by atoms with van der Waals surface area (Å²) < 4.78 is 5.21. The topological polar surface area (TPSA) is 105 Å². The van der Waals surface area contributed by atoms with E-state index in [1.165, 1.54) is 11.8 Å². The van der Waals surface area contributed by atoms with Gasteiger partial charge in [0.05, 0.1) is 0 Å². The zero-order valence-corrected chi connectivity index (χ0v) is 17.6. The molecule has 0 unspecified atom stereocenters. The summed E-state index contributed by atoms with van der Waals surface area (Å²) in [7, 11) is 0. The normalized spacial score (nSPS) is 12.4. The number of nitrogens with one attached hydrogen (secondary N) is 2. The van der Waals surface area contributed by atoms with Crippen LogP contribution in [0.25, 0.3) is 0 Å². The first-order valence-electron chi connectivity index (χ1n) is 9.61. The highest BCUT2D eigenvalue weighted by Crippen LogP contribution is 2.07. The van der Waals surface area contributed by atoms with E-state index in [1.807, 2.05) is 67.6 Å². The molecule has 2 amide bonds. The molecule has 2 aromatic rings. The molecule has 0 fully saturated rings. The Bertz CT molecular complexity index is 817. The standard InChI is InChI=1S/C22H26N2O5S/c1-2-30-15-19(21(26)27)23-20(25)18(13-16-9-5-3-6-10-16)24-22(28)29-14-17-11-7-4-8-12-17/h3-12,18-19H,2,13-15H2,1H3,(H,23,25)(H,24,28)(H,26,27)/t18-,19+/m1/s1. The molecule has 0 saturated heterocycles. The summed E-state index contributed by atoms with van der Waals surface area (Å²) in [5.74, 6) is -0.709. The number of thioether (sulfide) groups is 1. The zero-order valence-electron chi connectivity index (χ0n) is 16.7. The lowest BCUT2D eigenvalue weighted by Gasteiger charge is -2.21. The number of rotatable bonds is 11. The van der Waals surface area contributed by atoms with Crippen molar-refractivity contribution in [2.24, 2.45) is 0 Å². The van der Waals surface area contributed by atoms with Gasteiger partial charge < -0.3 is 20.5 Å². The Kier molecular flexibility index (Phi) is 9.73. The highest BCUT2D eigenvalue weighted by Gasteiger charge is 2.27. The minimum Gasteiger partial charge on any atom is -0.480 e. The van der Waals surface area contributed by atoms with Crippen molar-refractivity contribution in [2.75, 3.05) is 11.5 Å². The molecule has 0 radical (unpaired) electrons. The van der Waals surface area contributed by atoms with Crippen LogP contribution in [0, 0.1) is 0 Å². The van der Waals surface area contributed by atoms with Gasteiger partial charge in [0.25, 0.3) is 0 Å². The zero-order chi connectivity index (χ0) is 21.8. The van der Waals surface area contributed by atoms with Crippen LogP contribution in [-0.2, 0) is 27.4 Å². The first kappa shape index (κ1) is 23.3. The molecule has 7 nitrogen and oxygen atoms in total. The van der Waals surface area contributed by atoms with E-state index in [-0.39, 0.29) is 18.8 Å². The molecule has 2 rings (SSSR count). The minimum atomic E-state index is -1.12. The van der Waals surface area contributed by atoms with Crippen LogP contribution in [0.2, 0.25) is 0 Å². The van der Waals surface area contributed by atoms with Crippen LogP contribution in [0.3, 0.4) is 0 Å². The summed E-state index contributed by atoms with van der Waals surface area (Å²) in [6.45, 7) is 1.98. The number of carboxylic acid groups (broad SMARTS) is 1. The number of hydrogen-bond acceptors (Lipinski definition) is 5. The first-order chi connectivity index (χ1) is 14.5. The maximum Gasteiger partial charge on any atom is 0.408 e. The number of aliphatic carboxylic acids is 1. The number of hydrogen-bond donors (Lipinski definition) is 3. The molecule has 0 saturated carbocycles. The van der Waals surface area contributed by atoms with E-state index in [0.717, 1.165) is 16.9 Å². The van der Waals surface area contributed by atoms with E-state index in [2.05, 4.69) is 10.6 Å². The Morgan fingerprint density at radius 3 is 2.10 bits per heavy atom. The Morgan fingerprint density at radius 1 is 0.933 bits per heavy atom. The fraction of sp³-hybridized carbons (Fsp3) is 0.318. The SMILES string of the molecule is CCSC[C@H](NC(=O)[C@@H](Cc1ccccc1)NC(=O)OCc1ccccc1)C(=O)O. The van der Waals surface area contributed by atoms with Gasteiger partial charge in [-0.1, -0.05) is 67.6 Å². The monoisotopic (exact) mass is 430 g/mol. The molecule has 2 atom stereocenters. The number of amides is 2. The summed E-state index contributed by atoms with van der Waals surface area (Å²) in [6.07, 6.45) is -0.537. The van der Waals surface area contributed by atoms with Crippen molar-refractivity contribution in [1.82, 2.24) is 10.6 Å². The van der Waals surface area contributed by atoms with Crippen LogP contribution in [0.4, 0.5) is 4.79 Å². The molecule has 0 spiro atoms. The van der Waals surface area contributed by atoms with E-state index in [1.54, 1.807) is 0 Å². The molecule has 0 aliphatic heterocycles. The van der Waals surface area contributed by atoms with E-state index in [0.29, 0.717) is 0 Å².